The number of pyridine rings is 1. The Labute approximate surface area is 93.4 Å². The number of rotatable bonds is 1. The maximum Gasteiger partial charge on any atom is 0.254 e. The molecule has 16 heavy (non-hydrogen) atoms. The summed E-state index contributed by atoms with van der Waals surface area (Å²) in [6.45, 7) is 1.79. The third-order valence-electron chi connectivity index (χ3n) is 2.51. The predicted octanol–water partition coefficient (Wildman–Crippen LogP) is 0.703. The molecule has 0 unspecified atom stereocenters. The Hall–Kier alpha value is -1.91. The second kappa shape index (κ2) is 3.59. The van der Waals surface area contributed by atoms with E-state index in [1.165, 1.54) is 0 Å². The first-order chi connectivity index (χ1) is 7.50. The maximum absolute atomic E-state index is 11.8. The van der Waals surface area contributed by atoms with Crippen molar-refractivity contribution in [3.05, 3.63) is 28.2 Å². The molecule has 0 amide bonds. The zero-order valence-electron chi connectivity index (χ0n) is 9.85. The highest BCUT2D eigenvalue weighted by Crippen LogP contribution is 2.12. The number of aryl methyl sites for hydroxylation is 2. The van der Waals surface area contributed by atoms with Crippen LogP contribution in [-0.4, -0.2) is 28.6 Å². The summed E-state index contributed by atoms with van der Waals surface area (Å²) in [4.78, 5) is 22.1. The van der Waals surface area contributed by atoms with Crippen LogP contribution in [0.25, 0.3) is 11.0 Å². The van der Waals surface area contributed by atoms with Gasteiger partial charge in [-0.1, -0.05) is 0 Å². The number of hydrogen-bond donors (Lipinski definition) is 0. The zero-order chi connectivity index (χ0) is 11.9. The summed E-state index contributed by atoms with van der Waals surface area (Å²) in [5, 5.41) is 0.880. The second-order valence-electron chi connectivity index (χ2n) is 4.03. The van der Waals surface area contributed by atoms with E-state index in [1.807, 2.05) is 25.1 Å². The van der Waals surface area contributed by atoms with Crippen LogP contribution in [-0.2, 0) is 7.05 Å². The fraction of sp³-hybridized carbons (Fsp3) is 0.364. The number of fused-ring (bicyclic) bond motifs is 1. The van der Waals surface area contributed by atoms with Gasteiger partial charge in [0.1, 0.15) is 5.65 Å². The van der Waals surface area contributed by atoms with Crippen molar-refractivity contribution in [1.82, 2.24) is 14.5 Å². The molecule has 0 aromatic carbocycles. The van der Waals surface area contributed by atoms with E-state index in [1.54, 1.807) is 24.7 Å². The third-order valence-corrected chi connectivity index (χ3v) is 2.51. The molecule has 0 aliphatic rings. The van der Waals surface area contributed by atoms with Gasteiger partial charge in [0, 0.05) is 38.3 Å². The molecule has 2 aromatic heterocycles. The van der Waals surface area contributed by atoms with Gasteiger partial charge >= 0.3 is 0 Å². The molecule has 84 valence electrons. The lowest BCUT2D eigenvalue weighted by Crippen LogP contribution is -2.21. The maximum atomic E-state index is 11.8. The first-order valence-electron chi connectivity index (χ1n) is 5.01. The van der Waals surface area contributed by atoms with Crippen molar-refractivity contribution in [2.75, 3.05) is 19.0 Å². The number of anilines is 1. The number of hydrogen-bond acceptors (Lipinski definition) is 4. The van der Waals surface area contributed by atoms with Crippen LogP contribution < -0.4 is 10.5 Å². The standard InChI is InChI=1S/C11H14N4O/c1-7-5-8-6-12-11(14(2)3)13-9(8)15(4)10(7)16/h5-6H,1-4H3. The molecule has 2 heterocycles. The highest BCUT2D eigenvalue weighted by molar-refractivity contribution is 5.75. The molecular weight excluding hydrogens is 204 g/mol. The van der Waals surface area contributed by atoms with Crippen molar-refractivity contribution < 1.29 is 0 Å². The summed E-state index contributed by atoms with van der Waals surface area (Å²) in [5.74, 6) is 0.603. The van der Waals surface area contributed by atoms with Crippen LogP contribution in [0, 0.1) is 6.92 Å². The lowest BCUT2D eigenvalue weighted by molar-refractivity contribution is 0.866. The van der Waals surface area contributed by atoms with Gasteiger partial charge in [0.05, 0.1) is 0 Å². The summed E-state index contributed by atoms with van der Waals surface area (Å²) in [7, 11) is 5.46. The van der Waals surface area contributed by atoms with E-state index in [0.29, 0.717) is 17.2 Å². The fourth-order valence-corrected chi connectivity index (χ4v) is 1.61. The Morgan fingerprint density at radius 3 is 2.69 bits per heavy atom. The quantitative estimate of drug-likeness (QED) is 0.707. The molecule has 0 saturated carbocycles. The molecule has 0 fully saturated rings. The molecule has 5 heteroatoms. The normalized spacial score (nSPS) is 10.8. The van der Waals surface area contributed by atoms with Crippen molar-refractivity contribution in [3.63, 3.8) is 0 Å². The molecule has 2 rings (SSSR count). The van der Waals surface area contributed by atoms with Crippen molar-refractivity contribution in [2.24, 2.45) is 7.05 Å². The highest BCUT2D eigenvalue weighted by Gasteiger charge is 2.07. The summed E-state index contributed by atoms with van der Waals surface area (Å²) < 4.78 is 1.55. The van der Waals surface area contributed by atoms with Gasteiger partial charge in [0.25, 0.3) is 5.56 Å². The number of nitrogens with zero attached hydrogens (tertiary/aromatic N) is 4. The molecule has 5 nitrogen and oxygen atoms in total. The third kappa shape index (κ3) is 1.54. The average Bonchev–Trinajstić information content (AvgIpc) is 2.25. The molecule has 0 aliphatic heterocycles. The van der Waals surface area contributed by atoms with Crippen LogP contribution in [0.4, 0.5) is 5.95 Å². The van der Waals surface area contributed by atoms with Crippen LogP contribution in [0.5, 0.6) is 0 Å². The lowest BCUT2D eigenvalue weighted by Gasteiger charge is -2.11. The summed E-state index contributed by atoms with van der Waals surface area (Å²) in [5.41, 5.74) is 1.35. The summed E-state index contributed by atoms with van der Waals surface area (Å²) in [6, 6.07) is 1.82. The minimum absolute atomic E-state index is 0.0177. The Bertz CT molecular complexity index is 601. The Morgan fingerprint density at radius 2 is 2.06 bits per heavy atom. The smallest absolute Gasteiger partial charge is 0.254 e. The van der Waals surface area contributed by atoms with Crippen LogP contribution in [0.2, 0.25) is 0 Å². The van der Waals surface area contributed by atoms with Crippen LogP contribution in [0.1, 0.15) is 5.56 Å². The van der Waals surface area contributed by atoms with Gasteiger partial charge in [-0.2, -0.15) is 4.98 Å². The van der Waals surface area contributed by atoms with Crippen molar-refractivity contribution in [1.29, 1.82) is 0 Å². The molecule has 2 aromatic rings. The molecule has 0 N–H and O–H groups in total. The molecule has 0 radical (unpaired) electrons. The van der Waals surface area contributed by atoms with E-state index in [-0.39, 0.29) is 5.56 Å². The van der Waals surface area contributed by atoms with Gasteiger partial charge in [-0.15, -0.1) is 0 Å². The van der Waals surface area contributed by atoms with E-state index in [0.717, 1.165) is 5.39 Å². The van der Waals surface area contributed by atoms with Gasteiger partial charge in [-0.25, -0.2) is 4.98 Å². The van der Waals surface area contributed by atoms with Gasteiger partial charge in [0.15, 0.2) is 0 Å². The SMILES string of the molecule is Cc1cc2cnc(N(C)C)nc2n(C)c1=O. The Morgan fingerprint density at radius 1 is 1.38 bits per heavy atom. The highest BCUT2D eigenvalue weighted by atomic mass is 16.1. The predicted molar refractivity (Wildman–Crippen MR) is 63.8 cm³/mol. The van der Waals surface area contributed by atoms with Gasteiger partial charge in [-0.05, 0) is 13.0 Å². The first kappa shape index (κ1) is 10.6. The lowest BCUT2D eigenvalue weighted by atomic mass is 10.2. The van der Waals surface area contributed by atoms with Crippen LogP contribution >= 0.6 is 0 Å². The zero-order valence-corrected chi connectivity index (χ0v) is 9.85. The van der Waals surface area contributed by atoms with Crippen molar-refractivity contribution in [3.8, 4) is 0 Å². The van der Waals surface area contributed by atoms with Gasteiger partial charge in [-0.3, -0.25) is 9.36 Å². The second-order valence-corrected chi connectivity index (χ2v) is 4.03. The fourth-order valence-electron chi connectivity index (χ4n) is 1.61. The van der Waals surface area contributed by atoms with Crippen LogP contribution in [0.3, 0.4) is 0 Å². The minimum atomic E-state index is -0.0177. The molecule has 0 spiro atoms. The molecule has 0 atom stereocenters. The largest absolute Gasteiger partial charge is 0.347 e. The summed E-state index contributed by atoms with van der Waals surface area (Å²) in [6.07, 6.45) is 1.74. The average molecular weight is 218 g/mol. The van der Waals surface area contributed by atoms with E-state index >= 15 is 0 Å². The Balaban J connectivity index is 2.83. The van der Waals surface area contributed by atoms with E-state index in [9.17, 15) is 4.79 Å². The van der Waals surface area contributed by atoms with Crippen molar-refractivity contribution >= 4 is 17.0 Å². The molecule has 0 aliphatic carbocycles. The summed E-state index contributed by atoms with van der Waals surface area (Å²) >= 11 is 0. The molecule has 0 bridgehead atoms. The number of aromatic nitrogens is 3. The van der Waals surface area contributed by atoms with Gasteiger partial charge < -0.3 is 4.90 Å². The van der Waals surface area contributed by atoms with E-state index in [4.69, 9.17) is 0 Å². The first-order valence-corrected chi connectivity index (χ1v) is 5.01. The monoisotopic (exact) mass is 218 g/mol. The van der Waals surface area contributed by atoms with Crippen LogP contribution in [0.15, 0.2) is 17.1 Å². The van der Waals surface area contributed by atoms with E-state index < -0.39 is 0 Å². The molecule has 0 saturated heterocycles. The van der Waals surface area contributed by atoms with E-state index in [2.05, 4.69) is 9.97 Å². The van der Waals surface area contributed by atoms with Gasteiger partial charge in [0.2, 0.25) is 5.95 Å². The van der Waals surface area contributed by atoms with Crippen molar-refractivity contribution in [2.45, 2.75) is 6.92 Å². The molecular formula is C11H14N4O. The minimum Gasteiger partial charge on any atom is -0.347 e. The topological polar surface area (TPSA) is 51.0 Å². The Kier molecular flexibility index (Phi) is 2.38.